The number of ether oxygens (including phenoxy) is 1. The molecular formula is C29H35N3O3S. The molecule has 1 aliphatic heterocycles. The van der Waals surface area contributed by atoms with Crippen molar-refractivity contribution in [2.24, 2.45) is 0 Å². The highest BCUT2D eigenvalue weighted by Crippen LogP contribution is 2.28. The summed E-state index contributed by atoms with van der Waals surface area (Å²) in [5.41, 5.74) is 5.38. The maximum absolute atomic E-state index is 13.6. The van der Waals surface area contributed by atoms with Gasteiger partial charge in [-0.25, -0.2) is 0 Å². The number of nitrogens with one attached hydrogen (secondary N) is 2. The second-order valence-electron chi connectivity index (χ2n) is 9.49. The van der Waals surface area contributed by atoms with Crippen molar-refractivity contribution in [2.75, 3.05) is 14.2 Å². The fraction of sp³-hybridized carbons (Fsp3) is 0.379. The third-order valence-electron chi connectivity index (χ3n) is 6.90. The van der Waals surface area contributed by atoms with Crippen molar-refractivity contribution < 1.29 is 14.3 Å². The molecule has 2 aromatic carbocycles. The first kappa shape index (κ1) is 25.9. The lowest BCUT2D eigenvalue weighted by Gasteiger charge is -2.29. The molecule has 0 fully saturated rings. The van der Waals surface area contributed by atoms with E-state index in [4.69, 9.17) is 4.74 Å². The summed E-state index contributed by atoms with van der Waals surface area (Å²) in [5, 5.41) is 4.14. The summed E-state index contributed by atoms with van der Waals surface area (Å²) < 4.78 is 5.23. The molecule has 190 valence electrons. The van der Waals surface area contributed by atoms with Crippen LogP contribution in [0.5, 0.6) is 0 Å². The highest BCUT2D eigenvalue weighted by molar-refractivity contribution is 7.97. The monoisotopic (exact) mass is 505 g/mol. The maximum Gasteiger partial charge on any atom is 0.245 e. The Bertz CT molecular complexity index is 1270. The highest BCUT2D eigenvalue weighted by atomic mass is 32.2. The first-order chi connectivity index (χ1) is 17.4. The summed E-state index contributed by atoms with van der Waals surface area (Å²) >= 11 is 1.83. The van der Waals surface area contributed by atoms with Crippen LogP contribution in [0.1, 0.15) is 42.7 Å². The van der Waals surface area contributed by atoms with Gasteiger partial charge in [0.15, 0.2) is 0 Å². The highest BCUT2D eigenvalue weighted by Gasteiger charge is 2.28. The second kappa shape index (κ2) is 11.7. The Labute approximate surface area is 217 Å². The van der Waals surface area contributed by atoms with Gasteiger partial charge in [-0.3, -0.25) is 9.59 Å². The molecule has 0 saturated heterocycles. The van der Waals surface area contributed by atoms with Crippen molar-refractivity contribution in [2.45, 2.75) is 56.7 Å². The zero-order chi connectivity index (χ0) is 25.7. The van der Waals surface area contributed by atoms with E-state index in [1.54, 1.807) is 19.1 Å². The molecule has 2 bridgehead atoms. The lowest BCUT2D eigenvalue weighted by molar-refractivity contribution is -0.136. The number of nitrogens with zero attached hydrogens (tertiary/aromatic N) is 1. The van der Waals surface area contributed by atoms with Gasteiger partial charge in [-0.05, 0) is 49.1 Å². The number of aromatic nitrogens is 1. The number of hydrogen-bond donors (Lipinski definition) is 2. The van der Waals surface area contributed by atoms with E-state index < -0.39 is 6.04 Å². The van der Waals surface area contributed by atoms with E-state index in [1.165, 1.54) is 5.56 Å². The number of likely N-dealkylation sites (N-methyl/N-ethyl adjacent to an activating group) is 1. The maximum atomic E-state index is 13.6. The fourth-order valence-corrected chi connectivity index (χ4v) is 5.55. The number of carbonyl (C=O) groups excluding carboxylic acids is 2. The van der Waals surface area contributed by atoms with E-state index in [-0.39, 0.29) is 24.3 Å². The molecule has 36 heavy (non-hydrogen) atoms. The molecule has 2 amide bonds. The summed E-state index contributed by atoms with van der Waals surface area (Å²) in [5.74, 6) is 2.25. The molecule has 7 heteroatoms. The van der Waals surface area contributed by atoms with E-state index >= 15 is 0 Å². The van der Waals surface area contributed by atoms with E-state index in [2.05, 4.69) is 28.5 Å². The van der Waals surface area contributed by atoms with Gasteiger partial charge in [-0.15, -0.1) is 0 Å². The van der Waals surface area contributed by atoms with Crippen LogP contribution < -0.4 is 5.32 Å². The normalized spacial score (nSPS) is 17.7. The van der Waals surface area contributed by atoms with E-state index in [9.17, 15) is 9.59 Å². The number of thioether (sulfide) groups is 1. The van der Waals surface area contributed by atoms with E-state index in [0.717, 1.165) is 45.0 Å². The summed E-state index contributed by atoms with van der Waals surface area (Å²) in [7, 11) is 3.45. The van der Waals surface area contributed by atoms with E-state index in [0.29, 0.717) is 12.8 Å². The molecule has 2 atom stereocenters. The Morgan fingerprint density at radius 2 is 1.97 bits per heavy atom. The average Bonchev–Trinajstić information content (AvgIpc) is 3.22. The van der Waals surface area contributed by atoms with Crippen molar-refractivity contribution in [1.82, 2.24) is 15.2 Å². The number of fused-ring (bicyclic) bond motifs is 5. The van der Waals surface area contributed by atoms with Gasteiger partial charge in [0.1, 0.15) is 6.04 Å². The molecule has 4 rings (SSSR count). The third kappa shape index (κ3) is 6.13. The van der Waals surface area contributed by atoms with Crippen molar-refractivity contribution in [1.29, 1.82) is 0 Å². The van der Waals surface area contributed by atoms with Gasteiger partial charge in [-0.2, -0.15) is 11.8 Å². The van der Waals surface area contributed by atoms with Crippen molar-refractivity contribution in [3.63, 3.8) is 0 Å². The van der Waals surface area contributed by atoms with Gasteiger partial charge >= 0.3 is 0 Å². The molecule has 0 aliphatic carbocycles. The van der Waals surface area contributed by atoms with Crippen LogP contribution in [0.15, 0.2) is 60.4 Å². The van der Waals surface area contributed by atoms with E-state index in [1.807, 2.05) is 62.0 Å². The van der Waals surface area contributed by atoms with Gasteiger partial charge in [0.2, 0.25) is 11.8 Å². The van der Waals surface area contributed by atoms with Crippen LogP contribution in [0.4, 0.5) is 0 Å². The molecule has 2 N–H and O–H groups in total. The number of hydrogen-bond acceptors (Lipinski definition) is 4. The Kier molecular flexibility index (Phi) is 8.41. The minimum atomic E-state index is -0.644. The van der Waals surface area contributed by atoms with Gasteiger partial charge in [0.25, 0.3) is 0 Å². The third-order valence-corrected chi connectivity index (χ3v) is 7.93. The van der Waals surface area contributed by atoms with Crippen LogP contribution in [0.2, 0.25) is 0 Å². The number of allylic oxidation sites excluding steroid dienone is 1. The van der Waals surface area contributed by atoms with Gasteiger partial charge in [0.05, 0.1) is 19.3 Å². The van der Waals surface area contributed by atoms with Crippen LogP contribution in [0, 0.1) is 0 Å². The molecule has 0 saturated carbocycles. The molecule has 0 spiro atoms. The van der Waals surface area contributed by atoms with Crippen LogP contribution in [-0.4, -0.2) is 47.9 Å². The molecule has 1 aromatic heterocycles. The van der Waals surface area contributed by atoms with Gasteiger partial charge < -0.3 is 19.9 Å². The lowest BCUT2D eigenvalue weighted by atomic mass is 10.0. The molecule has 3 aromatic rings. The molecule has 1 unspecified atom stereocenters. The smallest absolute Gasteiger partial charge is 0.245 e. The Morgan fingerprint density at radius 3 is 2.78 bits per heavy atom. The molecule has 0 radical (unpaired) electrons. The quantitative estimate of drug-likeness (QED) is 0.480. The Morgan fingerprint density at radius 1 is 1.19 bits per heavy atom. The predicted molar refractivity (Wildman–Crippen MR) is 147 cm³/mol. The zero-order valence-corrected chi connectivity index (χ0v) is 22.3. The van der Waals surface area contributed by atoms with Crippen LogP contribution in [0.25, 0.3) is 10.9 Å². The number of rotatable bonds is 5. The Hall–Kier alpha value is -3.19. The number of benzene rings is 2. The van der Waals surface area contributed by atoms with Crippen LogP contribution >= 0.6 is 11.8 Å². The molecule has 2 heterocycles. The number of methoxy groups -OCH3 is 1. The minimum absolute atomic E-state index is 0.0351. The first-order valence-corrected chi connectivity index (χ1v) is 13.5. The van der Waals surface area contributed by atoms with Crippen LogP contribution in [-0.2, 0) is 38.7 Å². The van der Waals surface area contributed by atoms with Gasteiger partial charge in [-0.1, -0.05) is 42.5 Å². The fourth-order valence-electron chi connectivity index (χ4n) is 4.58. The first-order valence-electron chi connectivity index (χ1n) is 12.4. The summed E-state index contributed by atoms with van der Waals surface area (Å²) in [6.45, 7) is 3.91. The van der Waals surface area contributed by atoms with Crippen molar-refractivity contribution >= 4 is 34.5 Å². The zero-order valence-electron chi connectivity index (χ0n) is 21.5. The average molecular weight is 506 g/mol. The van der Waals surface area contributed by atoms with Crippen molar-refractivity contribution in [3.8, 4) is 0 Å². The topological polar surface area (TPSA) is 74.4 Å². The summed E-state index contributed by atoms with van der Waals surface area (Å²) in [6.07, 6.45) is 3.34. The second-order valence-corrected chi connectivity index (χ2v) is 10.5. The summed E-state index contributed by atoms with van der Waals surface area (Å²) in [6, 6.07) is 15.7. The lowest BCUT2D eigenvalue weighted by Crippen LogP contribution is -2.51. The number of H-pyrrole nitrogens is 1. The number of aromatic amines is 1. The van der Waals surface area contributed by atoms with Gasteiger partial charge in [0, 0.05) is 47.6 Å². The number of carbonyl (C=O) groups is 2. The van der Waals surface area contributed by atoms with Crippen LogP contribution in [0.3, 0.4) is 0 Å². The standard InChI is InChI=1S/C29H35N3O3S/c1-19(12-13-20(2)35-4)32(3)29(34)26-15-21-8-7-9-22(14-21)17-36-18-27-24(16-28(33)31-26)23-10-5-6-11-25(23)30-27/h5-11,13-14,19,26,30H,12,15-18H2,1-4H3,(H,31,33)/b20-13+/t19?,26-/m0/s1. The number of amides is 2. The largest absolute Gasteiger partial charge is 0.502 e. The number of para-hydroxylation sites is 1. The SMILES string of the molecule is CO/C(C)=C/CC(C)N(C)C(=O)[C@@H]1Cc2cccc(c2)CSCc2[nH]c3ccccc3c2CC(=O)N1. The molecule has 1 aliphatic rings. The Balaban J connectivity index is 1.63. The summed E-state index contributed by atoms with van der Waals surface area (Å²) in [4.78, 5) is 32.2. The minimum Gasteiger partial charge on any atom is -0.502 e. The van der Waals surface area contributed by atoms with Crippen molar-refractivity contribution in [3.05, 3.63) is 82.8 Å². The molecular weight excluding hydrogens is 470 g/mol. The predicted octanol–water partition coefficient (Wildman–Crippen LogP) is 4.97. The molecule has 6 nitrogen and oxygen atoms in total.